The van der Waals surface area contributed by atoms with Crippen LogP contribution in [0.4, 0.5) is 11.8 Å². The van der Waals surface area contributed by atoms with Crippen LogP contribution in [0.15, 0.2) is 6.20 Å². The Balaban J connectivity index is 2.01. The molecule has 0 saturated carbocycles. The number of nitrogen functional groups attached to an aromatic ring is 2. The molecule has 6 heteroatoms. The number of nitrogens with two attached hydrogens (primary N) is 2. The van der Waals surface area contributed by atoms with E-state index in [0.29, 0.717) is 5.82 Å². The van der Waals surface area contributed by atoms with Crippen LogP contribution in [0.5, 0.6) is 0 Å². The van der Waals surface area contributed by atoms with Gasteiger partial charge in [-0.1, -0.05) is 0 Å². The third kappa shape index (κ3) is 2.80. The van der Waals surface area contributed by atoms with Gasteiger partial charge in [-0.05, 0) is 19.5 Å². The minimum atomic E-state index is 0.235. The summed E-state index contributed by atoms with van der Waals surface area (Å²) >= 11 is 0. The van der Waals surface area contributed by atoms with E-state index < -0.39 is 0 Å². The Hall–Kier alpha value is -1.40. The number of hydrogen-bond acceptors (Lipinski definition) is 6. The van der Waals surface area contributed by atoms with Crippen molar-refractivity contribution in [1.82, 2.24) is 20.2 Å². The Morgan fingerprint density at radius 3 is 3.00 bits per heavy atom. The fourth-order valence-corrected chi connectivity index (χ4v) is 1.86. The minimum Gasteiger partial charge on any atom is -0.383 e. The summed E-state index contributed by atoms with van der Waals surface area (Å²) in [6.45, 7) is 5.02. The van der Waals surface area contributed by atoms with Gasteiger partial charge in [0.15, 0.2) is 0 Å². The van der Waals surface area contributed by atoms with Gasteiger partial charge in [-0.15, -0.1) is 0 Å². The van der Waals surface area contributed by atoms with Crippen LogP contribution in [0.25, 0.3) is 0 Å². The van der Waals surface area contributed by atoms with Crippen molar-refractivity contribution in [3.8, 4) is 0 Å². The van der Waals surface area contributed by atoms with Gasteiger partial charge in [-0.2, -0.15) is 4.98 Å². The maximum absolute atomic E-state index is 5.80. The Morgan fingerprint density at radius 2 is 2.19 bits per heavy atom. The maximum atomic E-state index is 5.80. The highest BCUT2D eigenvalue weighted by molar-refractivity contribution is 5.41. The Labute approximate surface area is 95.0 Å². The van der Waals surface area contributed by atoms with E-state index in [1.54, 1.807) is 6.20 Å². The standard InChI is InChI=1S/C10H18N6/c11-9-8(6-14-10(12)15-9)7-16-4-1-2-13-3-5-16/h6,13H,1-5,7H2,(H4,11,12,14,15). The minimum absolute atomic E-state index is 0.235. The number of hydrogen-bond donors (Lipinski definition) is 3. The lowest BCUT2D eigenvalue weighted by Crippen LogP contribution is -2.28. The lowest BCUT2D eigenvalue weighted by atomic mass is 10.2. The molecule has 5 N–H and O–H groups in total. The third-order valence-electron chi connectivity index (χ3n) is 2.74. The largest absolute Gasteiger partial charge is 0.383 e. The second kappa shape index (κ2) is 5.09. The van der Waals surface area contributed by atoms with Gasteiger partial charge in [0.2, 0.25) is 5.95 Å². The monoisotopic (exact) mass is 222 g/mol. The molecule has 0 bridgehead atoms. The van der Waals surface area contributed by atoms with Crippen LogP contribution in [0.1, 0.15) is 12.0 Å². The average Bonchev–Trinajstić information content (AvgIpc) is 2.51. The van der Waals surface area contributed by atoms with Crippen LogP contribution in [0.2, 0.25) is 0 Å². The number of nitrogens with zero attached hydrogens (tertiary/aromatic N) is 3. The van der Waals surface area contributed by atoms with E-state index in [2.05, 4.69) is 20.2 Å². The van der Waals surface area contributed by atoms with Crippen molar-refractivity contribution in [3.05, 3.63) is 11.8 Å². The zero-order valence-electron chi connectivity index (χ0n) is 9.32. The topological polar surface area (TPSA) is 93.1 Å². The zero-order valence-corrected chi connectivity index (χ0v) is 9.32. The van der Waals surface area contributed by atoms with Gasteiger partial charge in [-0.25, -0.2) is 4.98 Å². The van der Waals surface area contributed by atoms with Gasteiger partial charge in [0.25, 0.3) is 0 Å². The molecule has 0 amide bonds. The summed E-state index contributed by atoms with van der Waals surface area (Å²) in [5, 5.41) is 3.36. The SMILES string of the molecule is Nc1ncc(CN2CCCNCC2)c(N)n1. The highest BCUT2D eigenvalue weighted by Crippen LogP contribution is 2.12. The van der Waals surface area contributed by atoms with E-state index >= 15 is 0 Å². The van der Waals surface area contributed by atoms with Gasteiger partial charge in [0.1, 0.15) is 5.82 Å². The van der Waals surface area contributed by atoms with Crippen LogP contribution in [-0.4, -0.2) is 41.0 Å². The fourth-order valence-electron chi connectivity index (χ4n) is 1.86. The van der Waals surface area contributed by atoms with E-state index in [9.17, 15) is 0 Å². The molecular weight excluding hydrogens is 204 g/mol. The molecule has 88 valence electrons. The third-order valence-corrected chi connectivity index (χ3v) is 2.74. The first-order valence-electron chi connectivity index (χ1n) is 5.55. The highest BCUT2D eigenvalue weighted by atomic mass is 15.2. The quantitative estimate of drug-likeness (QED) is 0.621. The number of aromatic nitrogens is 2. The second-order valence-corrected chi connectivity index (χ2v) is 4.02. The van der Waals surface area contributed by atoms with E-state index in [0.717, 1.165) is 44.7 Å². The Kier molecular flexibility index (Phi) is 3.53. The molecule has 0 unspecified atom stereocenters. The molecule has 0 aromatic carbocycles. The molecule has 0 radical (unpaired) electrons. The van der Waals surface area contributed by atoms with Gasteiger partial charge in [-0.3, -0.25) is 4.90 Å². The molecule has 1 fully saturated rings. The van der Waals surface area contributed by atoms with Crippen molar-refractivity contribution in [1.29, 1.82) is 0 Å². The van der Waals surface area contributed by atoms with Crippen LogP contribution >= 0.6 is 0 Å². The summed E-state index contributed by atoms with van der Waals surface area (Å²) in [7, 11) is 0. The first-order valence-corrected chi connectivity index (χ1v) is 5.55. The van der Waals surface area contributed by atoms with Gasteiger partial charge < -0.3 is 16.8 Å². The molecular formula is C10H18N6. The lowest BCUT2D eigenvalue weighted by Gasteiger charge is -2.19. The van der Waals surface area contributed by atoms with Crippen molar-refractivity contribution in [2.24, 2.45) is 0 Å². The van der Waals surface area contributed by atoms with Crippen LogP contribution in [0.3, 0.4) is 0 Å². The van der Waals surface area contributed by atoms with E-state index in [-0.39, 0.29) is 5.95 Å². The smallest absolute Gasteiger partial charge is 0.221 e. The predicted molar refractivity (Wildman–Crippen MR) is 63.6 cm³/mol. The molecule has 16 heavy (non-hydrogen) atoms. The number of rotatable bonds is 2. The van der Waals surface area contributed by atoms with E-state index in [1.165, 1.54) is 0 Å². The first-order chi connectivity index (χ1) is 7.75. The second-order valence-electron chi connectivity index (χ2n) is 4.02. The highest BCUT2D eigenvalue weighted by Gasteiger charge is 2.11. The fraction of sp³-hybridized carbons (Fsp3) is 0.600. The van der Waals surface area contributed by atoms with Crippen LogP contribution < -0.4 is 16.8 Å². The molecule has 0 spiro atoms. The van der Waals surface area contributed by atoms with Crippen LogP contribution in [-0.2, 0) is 6.54 Å². The van der Waals surface area contributed by atoms with Crippen molar-refractivity contribution < 1.29 is 0 Å². The molecule has 6 nitrogen and oxygen atoms in total. The van der Waals surface area contributed by atoms with Crippen molar-refractivity contribution in [3.63, 3.8) is 0 Å². The molecule has 2 heterocycles. The van der Waals surface area contributed by atoms with E-state index in [1.807, 2.05) is 0 Å². The van der Waals surface area contributed by atoms with Gasteiger partial charge in [0.05, 0.1) is 0 Å². The number of anilines is 2. The molecule has 1 saturated heterocycles. The summed E-state index contributed by atoms with van der Waals surface area (Å²) in [6, 6.07) is 0. The van der Waals surface area contributed by atoms with Crippen molar-refractivity contribution in [2.75, 3.05) is 37.6 Å². The summed E-state index contributed by atoms with van der Waals surface area (Å²) in [5.74, 6) is 0.725. The maximum Gasteiger partial charge on any atom is 0.221 e. The van der Waals surface area contributed by atoms with Gasteiger partial charge >= 0.3 is 0 Å². The van der Waals surface area contributed by atoms with Crippen molar-refractivity contribution >= 4 is 11.8 Å². The van der Waals surface area contributed by atoms with Crippen molar-refractivity contribution in [2.45, 2.75) is 13.0 Å². The molecule has 2 rings (SSSR count). The van der Waals surface area contributed by atoms with E-state index in [4.69, 9.17) is 11.5 Å². The lowest BCUT2D eigenvalue weighted by molar-refractivity contribution is 0.284. The Bertz CT molecular complexity index is 345. The molecule has 1 aromatic rings. The summed E-state index contributed by atoms with van der Waals surface area (Å²) in [4.78, 5) is 10.3. The summed E-state index contributed by atoms with van der Waals surface area (Å²) < 4.78 is 0. The zero-order chi connectivity index (χ0) is 11.4. The predicted octanol–water partition coefficient (Wildman–Crippen LogP) is -0.564. The molecule has 1 aliphatic rings. The Morgan fingerprint density at radius 1 is 1.31 bits per heavy atom. The number of nitrogens with one attached hydrogen (secondary N) is 1. The normalized spacial score (nSPS) is 18.2. The molecule has 1 aliphatic heterocycles. The van der Waals surface area contributed by atoms with Crippen LogP contribution in [0, 0.1) is 0 Å². The summed E-state index contributed by atoms with van der Waals surface area (Å²) in [6.07, 6.45) is 2.88. The molecule has 1 aromatic heterocycles. The molecule has 0 atom stereocenters. The average molecular weight is 222 g/mol. The summed E-state index contributed by atoms with van der Waals surface area (Å²) in [5.41, 5.74) is 12.2. The molecule has 0 aliphatic carbocycles. The first kappa shape index (κ1) is 11.1. The van der Waals surface area contributed by atoms with Gasteiger partial charge in [0, 0.05) is 31.4 Å².